The van der Waals surface area contributed by atoms with E-state index in [2.05, 4.69) is 25.7 Å². The van der Waals surface area contributed by atoms with Crippen molar-refractivity contribution in [1.29, 1.82) is 0 Å². The van der Waals surface area contributed by atoms with Crippen LogP contribution in [0.2, 0.25) is 0 Å². The molecule has 1 aliphatic heterocycles. The summed E-state index contributed by atoms with van der Waals surface area (Å²) in [6.07, 6.45) is 15.6. The third kappa shape index (κ3) is 7.13. The topological polar surface area (TPSA) is 46.3 Å². The molecule has 142 valence electrons. The first kappa shape index (κ1) is 21.5. The number of unbranched alkanes of at least 4 members (excludes halogenated alkanes) is 9. The lowest BCUT2D eigenvalue weighted by Crippen LogP contribution is -2.51. The molecule has 0 aromatic heterocycles. The van der Waals surface area contributed by atoms with Gasteiger partial charge in [-0.15, -0.1) is 0 Å². The van der Waals surface area contributed by atoms with E-state index in [1.807, 2.05) is 0 Å². The van der Waals surface area contributed by atoms with Gasteiger partial charge in [0.2, 0.25) is 5.91 Å². The number of rotatable bonds is 13. The zero-order valence-electron chi connectivity index (χ0n) is 16.6. The fraction of sp³-hybridized carbons (Fsp3) is 0.952. The fourth-order valence-corrected chi connectivity index (χ4v) is 4.07. The van der Waals surface area contributed by atoms with Gasteiger partial charge in [0.1, 0.15) is 0 Å². The highest BCUT2D eigenvalue weighted by molar-refractivity contribution is 5.83. The van der Waals surface area contributed by atoms with Gasteiger partial charge in [-0.25, -0.2) is 0 Å². The molecular weight excluding hydrogens is 296 g/mol. The minimum absolute atomic E-state index is 0.226. The predicted molar refractivity (Wildman–Crippen MR) is 104 cm³/mol. The number of hydrogen-bond acceptors (Lipinski definition) is 2. The van der Waals surface area contributed by atoms with Gasteiger partial charge in [0, 0.05) is 18.5 Å². The fourth-order valence-electron chi connectivity index (χ4n) is 4.07. The SMILES string of the molecule is CCCCCCCCCCCCN1CCC(CCN)C(C)(C)C1=O. The largest absolute Gasteiger partial charge is 0.342 e. The number of nitrogens with zero attached hydrogens (tertiary/aromatic N) is 1. The first-order valence-corrected chi connectivity index (χ1v) is 10.5. The molecule has 1 saturated heterocycles. The molecule has 0 radical (unpaired) electrons. The number of amides is 1. The third-order valence-corrected chi connectivity index (χ3v) is 5.90. The Balaban J connectivity index is 2.10. The Bertz CT molecular complexity index is 341. The molecule has 1 rings (SSSR count). The van der Waals surface area contributed by atoms with E-state index in [0.29, 0.717) is 18.4 Å². The molecule has 3 heteroatoms. The minimum atomic E-state index is -0.226. The monoisotopic (exact) mass is 338 g/mol. The Morgan fingerprint density at radius 1 is 1.00 bits per heavy atom. The molecule has 3 nitrogen and oxygen atoms in total. The normalized spacial score (nSPS) is 20.6. The van der Waals surface area contributed by atoms with Crippen LogP contribution in [0.3, 0.4) is 0 Å². The first-order valence-electron chi connectivity index (χ1n) is 10.5. The lowest BCUT2D eigenvalue weighted by molar-refractivity contribution is -0.148. The van der Waals surface area contributed by atoms with Gasteiger partial charge in [0.05, 0.1) is 0 Å². The lowest BCUT2D eigenvalue weighted by Gasteiger charge is -2.43. The number of hydrogen-bond donors (Lipinski definition) is 1. The Kier molecular flexibility index (Phi) is 10.6. The van der Waals surface area contributed by atoms with Gasteiger partial charge in [-0.1, -0.05) is 78.6 Å². The highest BCUT2D eigenvalue weighted by atomic mass is 16.2. The van der Waals surface area contributed by atoms with E-state index in [0.717, 1.165) is 25.9 Å². The molecule has 0 bridgehead atoms. The minimum Gasteiger partial charge on any atom is -0.342 e. The molecule has 1 heterocycles. The molecule has 2 N–H and O–H groups in total. The molecule has 1 aliphatic rings. The second-order valence-electron chi connectivity index (χ2n) is 8.26. The van der Waals surface area contributed by atoms with E-state index < -0.39 is 0 Å². The van der Waals surface area contributed by atoms with E-state index in [1.54, 1.807) is 0 Å². The molecule has 0 aliphatic carbocycles. The van der Waals surface area contributed by atoms with Crippen molar-refractivity contribution in [3.63, 3.8) is 0 Å². The van der Waals surface area contributed by atoms with Gasteiger partial charge in [0.25, 0.3) is 0 Å². The highest BCUT2D eigenvalue weighted by Gasteiger charge is 2.42. The van der Waals surface area contributed by atoms with E-state index in [-0.39, 0.29) is 5.41 Å². The number of carbonyl (C=O) groups excluding carboxylic acids is 1. The Morgan fingerprint density at radius 3 is 2.08 bits per heavy atom. The van der Waals surface area contributed by atoms with Crippen LogP contribution in [-0.4, -0.2) is 30.4 Å². The summed E-state index contributed by atoms with van der Waals surface area (Å²) >= 11 is 0. The van der Waals surface area contributed by atoms with Crippen LogP contribution in [0.25, 0.3) is 0 Å². The Hall–Kier alpha value is -0.570. The third-order valence-electron chi connectivity index (χ3n) is 5.90. The molecule has 1 unspecified atom stereocenters. The molecule has 0 spiro atoms. The van der Waals surface area contributed by atoms with Gasteiger partial charge >= 0.3 is 0 Å². The number of carbonyl (C=O) groups is 1. The van der Waals surface area contributed by atoms with Crippen LogP contribution in [-0.2, 0) is 4.79 Å². The van der Waals surface area contributed by atoms with Crippen molar-refractivity contribution in [1.82, 2.24) is 4.90 Å². The molecule has 1 fully saturated rings. The Morgan fingerprint density at radius 2 is 1.54 bits per heavy atom. The molecular formula is C21H42N2O. The van der Waals surface area contributed by atoms with E-state index in [9.17, 15) is 4.79 Å². The van der Waals surface area contributed by atoms with Crippen molar-refractivity contribution in [2.45, 2.75) is 97.8 Å². The zero-order chi connectivity index (χ0) is 17.8. The van der Waals surface area contributed by atoms with E-state index >= 15 is 0 Å². The van der Waals surface area contributed by atoms with Gasteiger partial charge < -0.3 is 10.6 Å². The van der Waals surface area contributed by atoms with Crippen LogP contribution in [0.15, 0.2) is 0 Å². The number of nitrogens with two attached hydrogens (primary N) is 1. The average Bonchev–Trinajstić information content (AvgIpc) is 2.56. The average molecular weight is 339 g/mol. The van der Waals surface area contributed by atoms with Crippen molar-refractivity contribution < 1.29 is 4.79 Å². The van der Waals surface area contributed by atoms with Crippen molar-refractivity contribution in [2.24, 2.45) is 17.1 Å². The van der Waals surface area contributed by atoms with Gasteiger partial charge in [-0.2, -0.15) is 0 Å². The molecule has 24 heavy (non-hydrogen) atoms. The van der Waals surface area contributed by atoms with E-state index in [1.165, 1.54) is 64.2 Å². The first-order chi connectivity index (χ1) is 11.5. The van der Waals surface area contributed by atoms with Crippen LogP contribution < -0.4 is 5.73 Å². The summed E-state index contributed by atoms with van der Waals surface area (Å²) in [5.41, 5.74) is 5.48. The molecule has 0 aromatic rings. The van der Waals surface area contributed by atoms with Gasteiger partial charge in [-0.05, 0) is 31.7 Å². The maximum atomic E-state index is 12.7. The summed E-state index contributed by atoms with van der Waals surface area (Å²) in [5, 5.41) is 0. The van der Waals surface area contributed by atoms with Crippen molar-refractivity contribution in [3.8, 4) is 0 Å². The second kappa shape index (κ2) is 11.9. The summed E-state index contributed by atoms with van der Waals surface area (Å²) in [6.45, 7) is 9.07. The van der Waals surface area contributed by atoms with Crippen LogP contribution in [0.4, 0.5) is 0 Å². The number of likely N-dealkylation sites (tertiary alicyclic amines) is 1. The second-order valence-corrected chi connectivity index (χ2v) is 8.26. The molecule has 1 amide bonds. The lowest BCUT2D eigenvalue weighted by atomic mass is 9.71. The van der Waals surface area contributed by atoms with Crippen LogP contribution in [0.5, 0.6) is 0 Å². The maximum absolute atomic E-state index is 12.7. The smallest absolute Gasteiger partial charge is 0.228 e. The Labute approximate surface area is 150 Å². The maximum Gasteiger partial charge on any atom is 0.228 e. The number of piperidine rings is 1. The molecule has 0 aromatic carbocycles. The summed E-state index contributed by atoms with van der Waals surface area (Å²) in [7, 11) is 0. The zero-order valence-corrected chi connectivity index (χ0v) is 16.6. The summed E-state index contributed by atoms with van der Waals surface area (Å²) in [6, 6.07) is 0. The van der Waals surface area contributed by atoms with E-state index in [4.69, 9.17) is 5.73 Å². The van der Waals surface area contributed by atoms with Crippen LogP contribution in [0, 0.1) is 11.3 Å². The quantitative estimate of drug-likeness (QED) is 0.473. The standard InChI is InChI=1S/C21H42N2O/c1-4-5-6-7-8-9-10-11-12-13-17-23-18-15-19(14-16-22)21(2,3)20(23)24/h19H,4-18,22H2,1-3H3. The summed E-state index contributed by atoms with van der Waals surface area (Å²) in [4.78, 5) is 14.8. The predicted octanol–water partition coefficient (Wildman–Crippen LogP) is 5.13. The van der Waals surface area contributed by atoms with Crippen molar-refractivity contribution >= 4 is 5.91 Å². The van der Waals surface area contributed by atoms with Crippen LogP contribution in [0.1, 0.15) is 97.8 Å². The highest BCUT2D eigenvalue weighted by Crippen LogP contribution is 2.38. The van der Waals surface area contributed by atoms with Crippen molar-refractivity contribution in [3.05, 3.63) is 0 Å². The summed E-state index contributed by atoms with van der Waals surface area (Å²) < 4.78 is 0. The van der Waals surface area contributed by atoms with Gasteiger partial charge in [-0.3, -0.25) is 4.79 Å². The van der Waals surface area contributed by atoms with Crippen molar-refractivity contribution in [2.75, 3.05) is 19.6 Å². The van der Waals surface area contributed by atoms with Gasteiger partial charge in [0.15, 0.2) is 0 Å². The molecule has 0 saturated carbocycles. The summed E-state index contributed by atoms with van der Waals surface area (Å²) in [5.74, 6) is 0.807. The van der Waals surface area contributed by atoms with Crippen LogP contribution >= 0.6 is 0 Å². The molecule has 1 atom stereocenters.